The Morgan fingerprint density at radius 1 is 1.37 bits per heavy atom. The molecule has 0 radical (unpaired) electrons. The Bertz CT molecular complexity index is 604. The average Bonchev–Trinajstić information content (AvgIpc) is 2.85. The lowest BCUT2D eigenvalue weighted by atomic mass is 10.00. The largest absolute Gasteiger partial charge is 0.493 e. The highest BCUT2D eigenvalue weighted by atomic mass is 16.5. The molecule has 4 nitrogen and oxygen atoms in total. The molecule has 1 aliphatic rings. The quantitative estimate of drug-likeness (QED) is 0.867. The second-order valence-corrected chi connectivity index (χ2v) is 4.75. The Balaban J connectivity index is 1.82. The molecule has 0 saturated carbocycles. The van der Waals surface area contributed by atoms with E-state index in [4.69, 9.17) is 4.74 Å². The Morgan fingerprint density at radius 3 is 3.00 bits per heavy atom. The molecule has 0 unspecified atom stereocenters. The van der Waals surface area contributed by atoms with Crippen LogP contribution in [0.4, 0.5) is 0 Å². The van der Waals surface area contributed by atoms with E-state index in [-0.39, 0.29) is 11.9 Å². The van der Waals surface area contributed by atoms with E-state index in [1.54, 1.807) is 6.20 Å². The smallest absolute Gasteiger partial charge is 0.253 e. The summed E-state index contributed by atoms with van der Waals surface area (Å²) >= 11 is 0. The van der Waals surface area contributed by atoms with Gasteiger partial charge in [-0.3, -0.25) is 4.79 Å². The summed E-state index contributed by atoms with van der Waals surface area (Å²) in [6.07, 6.45) is 4.36. The fourth-order valence-corrected chi connectivity index (χ4v) is 2.41. The predicted octanol–water partition coefficient (Wildman–Crippen LogP) is 2.58. The summed E-state index contributed by atoms with van der Waals surface area (Å²) in [4.78, 5) is 15.2. The molecule has 0 aliphatic carbocycles. The van der Waals surface area contributed by atoms with E-state index in [0.29, 0.717) is 12.2 Å². The summed E-state index contributed by atoms with van der Waals surface area (Å²) in [5.74, 6) is 0.824. The van der Waals surface area contributed by atoms with Crippen LogP contribution < -0.4 is 10.1 Å². The number of carbonyl (C=O) groups excluding carboxylic acids is 1. The number of aromatic nitrogens is 1. The van der Waals surface area contributed by atoms with Crippen LogP contribution in [0.2, 0.25) is 0 Å². The molecule has 4 heteroatoms. The normalized spacial score (nSPS) is 17.4. The molecule has 2 N–H and O–H groups in total. The van der Waals surface area contributed by atoms with E-state index in [1.807, 2.05) is 37.4 Å². The zero-order valence-corrected chi connectivity index (χ0v) is 10.8. The van der Waals surface area contributed by atoms with Gasteiger partial charge in [-0.25, -0.2) is 0 Å². The minimum absolute atomic E-state index is 0.0201. The molecule has 1 aliphatic heterocycles. The number of aryl methyl sites for hydroxylation is 1. The number of amides is 1. The van der Waals surface area contributed by atoms with Crippen molar-refractivity contribution in [1.82, 2.24) is 10.3 Å². The molecule has 2 aromatic rings. The van der Waals surface area contributed by atoms with E-state index < -0.39 is 0 Å². The van der Waals surface area contributed by atoms with E-state index in [2.05, 4.69) is 10.3 Å². The summed E-state index contributed by atoms with van der Waals surface area (Å²) in [5, 5.41) is 3.08. The number of para-hydroxylation sites is 1. The van der Waals surface area contributed by atoms with Crippen molar-refractivity contribution in [2.75, 3.05) is 6.61 Å². The summed E-state index contributed by atoms with van der Waals surface area (Å²) in [6, 6.07) is 7.87. The van der Waals surface area contributed by atoms with Gasteiger partial charge in [0.15, 0.2) is 0 Å². The maximum absolute atomic E-state index is 12.2. The fourth-order valence-electron chi connectivity index (χ4n) is 2.41. The number of nitrogens with one attached hydrogen (secondary N) is 2. The van der Waals surface area contributed by atoms with Crippen molar-refractivity contribution < 1.29 is 9.53 Å². The average molecular weight is 256 g/mol. The number of ether oxygens (including phenoxy) is 1. The molecule has 1 aromatic heterocycles. The van der Waals surface area contributed by atoms with Gasteiger partial charge in [-0.2, -0.15) is 0 Å². The highest BCUT2D eigenvalue weighted by Gasteiger charge is 2.23. The van der Waals surface area contributed by atoms with Crippen LogP contribution in [-0.2, 0) is 0 Å². The SMILES string of the molecule is Cc1c[nH]cc1C(=O)N[C@@H]1CCOc2ccccc21. The first kappa shape index (κ1) is 11.8. The lowest BCUT2D eigenvalue weighted by molar-refractivity contribution is 0.0924. The van der Waals surface area contributed by atoms with Gasteiger partial charge in [0.1, 0.15) is 5.75 Å². The number of benzene rings is 1. The first-order chi connectivity index (χ1) is 9.25. The summed E-state index contributed by atoms with van der Waals surface area (Å²) in [5.41, 5.74) is 2.71. The van der Waals surface area contributed by atoms with Crippen LogP contribution in [0.3, 0.4) is 0 Å². The first-order valence-corrected chi connectivity index (χ1v) is 6.41. The third kappa shape index (κ3) is 2.21. The van der Waals surface area contributed by atoms with Crippen LogP contribution in [-0.4, -0.2) is 17.5 Å². The second-order valence-electron chi connectivity index (χ2n) is 4.75. The minimum Gasteiger partial charge on any atom is -0.493 e. The van der Waals surface area contributed by atoms with Crippen molar-refractivity contribution in [3.63, 3.8) is 0 Å². The molecule has 1 aromatic carbocycles. The van der Waals surface area contributed by atoms with Crippen molar-refractivity contribution in [3.05, 3.63) is 53.3 Å². The van der Waals surface area contributed by atoms with Crippen molar-refractivity contribution in [2.24, 2.45) is 0 Å². The maximum Gasteiger partial charge on any atom is 0.253 e. The third-order valence-electron chi connectivity index (χ3n) is 3.46. The molecule has 0 spiro atoms. The van der Waals surface area contributed by atoms with Gasteiger partial charge in [0.25, 0.3) is 5.91 Å². The third-order valence-corrected chi connectivity index (χ3v) is 3.46. The molecule has 1 amide bonds. The summed E-state index contributed by atoms with van der Waals surface area (Å²) in [6.45, 7) is 2.55. The molecule has 19 heavy (non-hydrogen) atoms. The summed E-state index contributed by atoms with van der Waals surface area (Å²) in [7, 11) is 0. The second kappa shape index (κ2) is 4.80. The number of hydrogen-bond acceptors (Lipinski definition) is 2. The number of hydrogen-bond donors (Lipinski definition) is 2. The molecule has 0 saturated heterocycles. The van der Waals surface area contributed by atoms with E-state index in [9.17, 15) is 4.79 Å². The predicted molar refractivity (Wildman–Crippen MR) is 72.3 cm³/mol. The molecule has 0 bridgehead atoms. The van der Waals surface area contributed by atoms with Gasteiger partial charge < -0.3 is 15.0 Å². The Morgan fingerprint density at radius 2 is 2.21 bits per heavy atom. The van der Waals surface area contributed by atoms with Gasteiger partial charge in [-0.1, -0.05) is 18.2 Å². The Hall–Kier alpha value is -2.23. The van der Waals surface area contributed by atoms with Crippen molar-refractivity contribution in [3.8, 4) is 5.75 Å². The molecule has 2 heterocycles. The zero-order valence-electron chi connectivity index (χ0n) is 10.8. The maximum atomic E-state index is 12.2. The Labute approximate surface area is 111 Å². The van der Waals surface area contributed by atoms with Crippen molar-refractivity contribution in [1.29, 1.82) is 0 Å². The van der Waals surface area contributed by atoms with Gasteiger partial charge in [-0.15, -0.1) is 0 Å². The van der Waals surface area contributed by atoms with Crippen LogP contribution in [0, 0.1) is 6.92 Å². The van der Waals surface area contributed by atoms with E-state index in [0.717, 1.165) is 23.3 Å². The highest BCUT2D eigenvalue weighted by Crippen LogP contribution is 2.31. The van der Waals surface area contributed by atoms with Gasteiger partial charge in [0, 0.05) is 24.4 Å². The highest BCUT2D eigenvalue weighted by molar-refractivity contribution is 5.95. The molecular formula is C15H16N2O2. The lowest BCUT2D eigenvalue weighted by Gasteiger charge is -2.26. The topological polar surface area (TPSA) is 54.1 Å². The van der Waals surface area contributed by atoms with E-state index in [1.165, 1.54) is 0 Å². The molecular weight excluding hydrogens is 240 g/mol. The molecule has 1 atom stereocenters. The summed E-state index contributed by atoms with van der Waals surface area (Å²) < 4.78 is 5.59. The van der Waals surface area contributed by atoms with Gasteiger partial charge in [-0.05, 0) is 18.6 Å². The van der Waals surface area contributed by atoms with E-state index >= 15 is 0 Å². The molecule has 98 valence electrons. The van der Waals surface area contributed by atoms with Gasteiger partial charge in [0.2, 0.25) is 0 Å². The van der Waals surface area contributed by atoms with Crippen LogP contribution in [0.1, 0.15) is 33.9 Å². The zero-order chi connectivity index (χ0) is 13.2. The molecule has 0 fully saturated rings. The van der Waals surface area contributed by atoms with Gasteiger partial charge in [0.05, 0.1) is 18.2 Å². The Kier molecular flexibility index (Phi) is 2.99. The van der Waals surface area contributed by atoms with Crippen molar-refractivity contribution >= 4 is 5.91 Å². The van der Waals surface area contributed by atoms with Crippen LogP contribution in [0.5, 0.6) is 5.75 Å². The minimum atomic E-state index is -0.0412. The van der Waals surface area contributed by atoms with Crippen LogP contribution >= 0.6 is 0 Å². The first-order valence-electron chi connectivity index (χ1n) is 6.41. The lowest BCUT2D eigenvalue weighted by Crippen LogP contribution is -2.32. The number of H-pyrrole nitrogens is 1. The van der Waals surface area contributed by atoms with Crippen LogP contribution in [0.15, 0.2) is 36.7 Å². The number of aromatic amines is 1. The van der Waals surface area contributed by atoms with Crippen molar-refractivity contribution in [2.45, 2.75) is 19.4 Å². The van der Waals surface area contributed by atoms with Crippen LogP contribution in [0.25, 0.3) is 0 Å². The standard InChI is InChI=1S/C15H16N2O2/c1-10-8-16-9-12(10)15(18)17-13-6-7-19-14-5-3-2-4-11(13)14/h2-5,8-9,13,16H,6-7H2,1H3,(H,17,18)/t13-/m1/s1. The number of rotatable bonds is 2. The van der Waals surface area contributed by atoms with Gasteiger partial charge >= 0.3 is 0 Å². The number of fused-ring (bicyclic) bond motifs is 1. The molecule has 3 rings (SSSR count). The monoisotopic (exact) mass is 256 g/mol. The number of carbonyl (C=O) groups is 1. The fraction of sp³-hybridized carbons (Fsp3) is 0.267.